The van der Waals surface area contributed by atoms with Gasteiger partial charge in [0.15, 0.2) is 5.16 Å². The van der Waals surface area contributed by atoms with Gasteiger partial charge in [-0.05, 0) is 37.1 Å². The Kier molecular flexibility index (Phi) is 5.18. The van der Waals surface area contributed by atoms with Crippen molar-refractivity contribution in [3.05, 3.63) is 54.1 Å². The van der Waals surface area contributed by atoms with Crippen LogP contribution in [0.3, 0.4) is 0 Å². The van der Waals surface area contributed by atoms with E-state index in [2.05, 4.69) is 23.6 Å². The van der Waals surface area contributed by atoms with Crippen LogP contribution in [-0.4, -0.2) is 41.0 Å². The summed E-state index contributed by atoms with van der Waals surface area (Å²) in [6.07, 6.45) is 0.916. The number of hydrogen-bond acceptors (Lipinski definition) is 4. The highest BCUT2D eigenvalue weighted by Gasteiger charge is 2.30. The highest BCUT2D eigenvalue weighted by Crippen LogP contribution is 2.33. The Hall–Kier alpha value is -2.31. The Morgan fingerprint density at radius 3 is 2.85 bits per heavy atom. The molecule has 1 aliphatic rings. The van der Waals surface area contributed by atoms with Crippen LogP contribution in [-0.2, 0) is 22.5 Å². The summed E-state index contributed by atoms with van der Waals surface area (Å²) in [5.74, 6) is 0.498. The third kappa shape index (κ3) is 3.47. The Morgan fingerprint density at radius 1 is 1.22 bits per heavy atom. The van der Waals surface area contributed by atoms with Gasteiger partial charge in [0.05, 0.1) is 23.4 Å². The van der Waals surface area contributed by atoms with E-state index < -0.39 is 0 Å². The lowest BCUT2D eigenvalue weighted by atomic mass is 10.1. The van der Waals surface area contributed by atoms with Crippen LogP contribution in [0, 0.1) is 0 Å². The summed E-state index contributed by atoms with van der Waals surface area (Å²) in [5, 5.41) is 0.863. The molecule has 3 aromatic rings. The number of fused-ring (bicyclic) bond motifs is 2. The van der Waals surface area contributed by atoms with E-state index >= 15 is 0 Å². The van der Waals surface area contributed by atoms with Crippen molar-refractivity contribution in [2.24, 2.45) is 0 Å². The zero-order valence-electron chi connectivity index (χ0n) is 15.6. The predicted molar refractivity (Wildman–Crippen MR) is 109 cm³/mol. The second-order valence-electron chi connectivity index (χ2n) is 6.76. The molecule has 0 radical (unpaired) electrons. The number of carbonyl (C=O) groups is 1. The number of methoxy groups -OCH3 is 1. The normalized spacial score (nSPS) is 16.1. The quantitative estimate of drug-likeness (QED) is 0.610. The van der Waals surface area contributed by atoms with Gasteiger partial charge in [0.1, 0.15) is 0 Å². The van der Waals surface area contributed by atoms with Crippen molar-refractivity contribution in [1.82, 2.24) is 9.55 Å². The second-order valence-corrected chi connectivity index (χ2v) is 7.70. The lowest BCUT2D eigenvalue weighted by molar-refractivity contribution is -0.116. The van der Waals surface area contributed by atoms with E-state index in [1.807, 2.05) is 41.3 Å². The van der Waals surface area contributed by atoms with Crippen LogP contribution >= 0.6 is 11.8 Å². The van der Waals surface area contributed by atoms with Crippen LogP contribution in [0.15, 0.2) is 53.7 Å². The monoisotopic (exact) mass is 381 g/mol. The number of ether oxygens (including phenoxy) is 1. The first-order valence-corrected chi connectivity index (χ1v) is 10.1. The van der Waals surface area contributed by atoms with Crippen LogP contribution in [0.2, 0.25) is 0 Å². The number of nitrogens with zero attached hydrogens (tertiary/aromatic N) is 3. The van der Waals surface area contributed by atoms with Crippen LogP contribution in [0.1, 0.15) is 12.5 Å². The van der Waals surface area contributed by atoms with E-state index in [1.165, 1.54) is 17.3 Å². The molecule has 0 saturated heterocycles. The number of anilines is 1. The zero-order chi connectivity index (χ0) is 18.8. The summed E-state index contributed by atoms with van der Waals surface area (Å²) in [6, 6.07) is 16.4. The molecule has 0 N–H and O–H groups in total. The van der Waals surface area contributed by atoms with Crippen molar-refractivity contribution in [3.63, 3.8) is 0 Å². The lowest BCUT2D eigenvalue weighted by Gasteiger charge is -2.22. The molecule has 0 spiro atoms. The van der Waals surface area contributed by atoms with Gasteiger partial charge in [0.2, 0.25) is 5.91 Å². The Labute approximate surface area is 163 Å². The first kappa shape index (κ1) is 18.1. The minimum atomic E-state index is 0.128. The number of thioether (sulfide) groups is 1. The van der Waals surface area contributed by atoms with Gasteiger partial charge >= 0.3 is 0 Å². The number of benzene rings is 2. The highest BCUT2D eigenvalue weighted by molar-refractivity contribution is 7.99. The molecule has 6 heteroatoms. The van der Waals surface area contributed by atoms with Crippen LogP contribution in [0.4, 0.5) is 5.69 Å². The van der Waals surface area contributed by atoms with Gasteiger partial charge in [-0.25, -0.2) is 4.98 Å². The second kappa shape index (κ2) is 7.74. The minimum absolute atomic E-state index is 0.128. The molecule has 1 unspecified atom stereocenters. The third-order valence-corrected chi connectivity index (χ3v) is 5.90. The van der Waals surface area contributed by atoms with Gasteiger partial charge in [0, 0.05) is 25.4 Å². The van der Waals surface area contributed by atoms with E-state index in [0.29, 0.717) is 12.4 Å². The number of hydrogen-bond donors (Lipinski definition) is 0. The van der Waals surface area contributed by atoms with Crippen molar-refractivity contribution in [2.75, 3.05) is 24.4 Å². The van der Waals surface area contributed by atoms with Crippen LogP contribution in [0.5, 0.6) is 0 Å². The maximum absolute atomic E-state index is 13.0. The fourth-order valence-corrected chi connectivity index (χ4v) is 4.60. The van der Waals surface area contributed by atoms with Gasteiger partial charge in [-0.1, -0.05) is 42.1 Å². The summed E-state index contributed by atoms with van der Waals surface area (Å²) in [5.41, 5.74) is 4.31. The largest absolute Gasteiger partial charge is 0.383 e. The van der Waals surface area contributed by atoms with E-state index in [9.17, 15) is 4.79 Å². The summed E-state index contributed by atoms with van der Waals surface area (Å²) >= 11 is 1.50. The maximum Gasteiger partial charge on any atom is 0.237 e. The average Bonchev–Trinajstić information content (AvgIpc) is 3.20. The number of carbonyl (C=O) groups excluding carboxylic acids is 1. The van der Waals surface area contributed by atoms with Crippen molar-refractivity contribution in [3.8, 4) is 0 Å². The van der Waals surface area contributed by atoms with E-state index in [-0.39, 0.29) is 11.9 Å². The Bertz CT molecular complexity index is 969. The summed E-state index contributed by atoms with van der Waals surface area (Å²) in [4.78, 5) is 19.6. The van der Waals surface area contributed by atoms with E-state index in [4.69, 9.17) is 9.72 Å². The number of para-hydroxylation sites is 3. The minimum Gasteiger partial charge on any atom is -0.383 e. The van der Waals surface area contributed by atoms with Gasteiger partial charge in [0.25, 0.3) is 0 Å². The van der Waals surface area contributed by atoms with Crippen molar-refractivity contribution < 1.29 is 9.53 Å². The third-order valence-electron chi connectivity index (χ3n) is 4.94. The Morgan fingerprint density at radius 2 is 2.00 bits per heavy atom. The van der Waals surface area contributed by atoms with Crippen molar-refractivity contribution >= 4 is 34.4 Å². The molecule has 1 aliphatic heterocycles. The van der Waals surface area contributed by atoms with E-state index in [1.54, 1.807) is 7.11 Å². The van der Waals surface area contributed by atoms with Gasteiger partial charge in [-0.3, -0.25) is 4.79 Å². The van der Waals surface area contributed by atoms with Crippen LogP contribution < -0.4 is 4.90 Å². The number of amides is 1. The maximum atomic E-state index is 13.0. The topological polar surface area (TPSA) is 47.4 Å². The molecule has 1 atom stereocenters. The zero-order valence-corrected chi connectivity index (χ0v) is 16.4. The SMILES string of the molecule is COCCn1c(SCC(=O)N2c3ccccc3CC2C)nc2ccccc21. The molecule has 5 nitrogen and oxygen atoms in total. The summed E-state index contributed by atoms with van der Waals surface area (Å²) in [6.45, 7) is 3.44. The van der Waals surface area contributed by atoms with Gasteiger partial charge < -0.3 is 14.2 Å². The predicted octanol–water partition coefficient (Wildman–Crippen LogP) is 3.75. The van der Waals surface area contributed by atoms with Crippen molar-refractivity contribution in [1.29, 1.82) is 0 Å². The molecule has 0 fully saturated rings. The first-order valence-electron chi connectivity index (χ1n) is 9.16. The molecule has 2 heterocycles. The molecular formula is C21H23N3O2S. The Balaban J connectivity index is 1.54. The molecule has 140 valence electrons. The molecule has 0 bridgehead atoms. The first-order chi connectivity index (χ1) is 13.2. The average molecular weight is 382 g/mol. The molecule has 0 saturated carbocycles. The number of aromatic nitrogens is 2. The molecule has 1 amide bonds. The molecule has 2 aromatic carbocycles. The molecule has 0 aliphatic carbocycles. The van der Waals surface area contributed by atoms with E-state index in [0.717, 1.165) is 34.8 Å². The van der Waals surface area contributed by atoms with Gasteiger partial charge in [-0.15, -0.1) is 0 Å². The fourth-order valence-electron chi connectivity index (χ4n) is 3.70. The highest BCUT2D eigenvalue weighted by atomic mass is 32.2. The smallest absolute Gasteiger partial charge is 0.237 e. The standard InChI is InChI=1S/C21H23N3O2S/c1-15-13-16-7-3-5-9-18(16)24(15)20(25)14-27-21-22-17-8-4-6-10-19(17)23(21)11-12-26-2/h3-10,15H,11-14H2,1-2H3. The molecule has 27 heavy (non-hydrogen) atoms. The number of rotatable bonds is 6. The molecule has 4 rings (SSSR count). The number of imidazole rings is 1. The summed E-state index contributed by atoms with van der Waals surface area (Å²) < 4.78 is 7.38. The fraction of sp³-hybridized carbons (Fsp3) is 0.333. The van der Waals surface area contributed by atoms with Crippen molar-refractivity contribution in [2.45, 2.75) is 31.1 Å². The van der Waals surface area contributed by atoms with Gasteiger partial charge in [-0.2, -0.15) is 0 Å². The molecule has 1 aromatic heterocycles. The molecular weight excluding hydrogens is 358 g/mol. The van der Waals surface area contributed by atoms with Crippen LogP contribution in [0.25, 0.3) is 11.0 Å². The summed E-state index contributed by atoms with van der Waals surface area (Å²) in [7, 11) is 1.70. The lowest BCUT2D eigenvalue weighted by Crippen LogP contribution is -2.37.